The summed E-state index contributed by atoms with van der Waals surface area (Å²) < 4.78 is 6.48. The minimum absolute atomic E-state index is 0.213. The fourth-order valence-corrected chi connectivity index (χ4v) is 4.07. The molecule has 5 nitrogen and oxygen atoms in total. The van der Waals surface area contributed by atoms with Crippen LogP contribution in [0.4, 0.5) is 10.5 Å². The number of ether oxygens (including phenoxy) is 1. The quantitative estimate of drug-likeness (QED) is 0.606. The van der Waals surface area contributed by atoms with Crippen molar-refractivity contribution in [3.8, 4) is 0 Å². The highest BCUT2D eigenvalue weighted by atomic mass is 79.9. The fourth-order valence-electron chi connectivity index (χ4n) is 3.71. The van der Waals surface area contributed by atoms with Gasteiger partial charge < -0.3 is 4.74 Å². The predicted octanol–water partition coefficient (Wildman–Crippen LogP) is 5.67. The van der Waals surface area contributed by atoms with Crippen LogP contribution in [0.3, 0.4) is 0 Å². The molecule has 1 fully saturated rings. The first kappa shape index (κ1) is 20.8. The lowest BCUT2D eigenvalue weighted by Gasteiger charge is -2.40. The standard InChI is InChI=1S/C22H27BrN2O3/c1-14(26)22(9-6-10-22)12-17-16-11-15(23)7-8-18(16)24-13-19(17)25(5)20(27)28-21(2,3)4/h7-8,11,13H,6,9-10,12H2,1-5H3. The van der Waals surface area contributed by atoms with Crippen molar-refractivity contribution in [2.45, 2.75) is 59.0 Å². The number of pyridine rings is 1. The number of fused-ring (bicyclic) bond motifs is 1. The van der Waals surface area contributed by atoms with E-state index in [1.165, 1.54) is 4.90 Å². The molecule has 0 N–H and O–H groups in total. The lowest BCUT2D eigenvalue weighted by atomic mass is 9.63. The Morgan fingerprint density at radius 3 is 2.50 bits per heavy atom. The lowest BCUT2D eigenvalue weighted by Crippen LogP contribution is -2.40. The van der Waals surface area contributed by atoms with Gasteiger partial charge in [-0.3, -0.25) is 14.7 Å². The van der Waals surface area contributed by atoms with E-state index in [4.69, 9.17) is 4.74 Å². The highest BCUT2D eigenvalue weighted by Gasteiger charge is 2.42. The Labute approximate surface area is 174 Å². The lowest BCUT2D eigenvalue weighted by molar-refractivity contribution is -0.131. The molecule has 0 aliphatic heterocycles. The fraction of sp³-hybridized carbons (Fsp3) is 0.500. The molecule has 0 spiro atoms. The van der Waals surface area contributed by atoms with Crippen molar-refractivity contribution < 1.29 is 14.3 Å². The van der Waals surface area contributed by atoms with Gasteiger partial charge in [-0.05, 0) is 70.7 Å². The second-order valence-corrected chi connectivity index (χ2v) is 9.61. The number of ketones is 1. The SMILES string of the molecule is CC(=O)C1(Cc2c(N(C)C(=O)OC(C)(C)C)cnc3ccc(Br)cc23)CCC1. The number of aromatic nitrogens is 1. The number of benzene rings is 1. The van der Waals surface area contributed by atoms with Crippen molar-refractivity contribution in [2.75, 3.05) is 11.9 Å². The van der Waals surface area contributed by atoms with Gasteiger partial charge in [0, 0.05) is 22.3 Å². The largest absolute Gasteiger partial charge is 0.443 e. The summed E-state index contributed by atoms with van der Waals surface area (Å²) in [6, 6.07) is 5.90. The zero-order valence-electron chi connectivity index (χ0n) is 17.1. The molecular weight excluding hydrogens is 420 g/mol. The minimum atomic E-state index is -0.590. The number of rotatable bonds is 4. The van der Waals surface area contributed by atoms with Gasteiger partial charge in [-0.1, -0.05) is 22.4 Å². The zero-order chi connectivity index (χ0) is 20.7. The minimum Gasteiger partial charge on any atom is -0.443 e. The molecule has 0 atom stereocenters. The second-order valence-electron chi connectivity index (χ2n) is 8.69. The van der Waals surface area contributed by atoms with Crippen LogP contribution in [-0.2, 0) is 16.0 Å². The van der Waals surface area contributed by atoms with Crippen LogP contribution in [0, 0.1) is 5.41 Å². The Morgan fingerprint density at radius 2 is 1.96 bits per heavy atom. The molecule has 0 unspecified atom stereocenters. The van der Waals surface area contributed by atoms with Crippen LogP contribution in [0.5, 0.6) is 0 Å². The summed E-state index contributed by atoms with van der Waals surface area (Å²) >= 11 is 3.54. The van der Waals surface area contributed by atoms with E-state index < -0.39 is 11.7 Å². The van der Waals surface area contributed by atoms with Crippen LogP contribution in [0.2, 0.25) is 0 Å². The molecule has 2 aromatic rings. The first-order valence-electron chi connectivity index (χ1n) is 9.57. The van der Waals surface area contributed by atoms with E-state index in [1.807, 2.05) is 39.0 Å². The molecule has 150 valence electrons. The molecule has 1 saturated carbocycles. The van der Waals surface area contributed by atoms with Crippen molar-refractivity contribution in [1.82, 2.24) is 4.98 Å². The van der Waals surface area contributed by atoms with Crippen molar-refractivity contribution in [3.05, 3.63) is 34.4 Å². The van der Waals surface area contributed by atoms with E-state index in [1.54, 1.807) is 20.2 Å². The third-order valence-electron chi connectivity index (χ3n) is 5.52. The number of amides is 1. The average Bonchev–Trinajstić information content (AvgIpc) is 2.55. The number of anilines is 1. The summed E-state index contributed by atoms with van der Waals surface area (Å²) in [4.78, 5) is 31.2. The highest BCUT2D eigenvalue weighted by molar-refractivity contribution is 9.10. The normalized spacial score (nSPS) is 15.8. The van der Waals surface area contributed by atoms with Crippen molar-refractivity contribution in [3.63, 3.8) is 0 Å². The Morgan fingerprint density at radius 1 is 1.29 bits per heavy atom. The third kappa shape index (κ3) is 4.07. The van der Waals surface area contributed by atoms with Gasteiger partial charge >= 0.3 is 6.09 Å². The maximum atomic E-state index is 12.7. The van der Waals surface area contributed by atoms with Gasteiger partial charge in [-0.15, -0.1) is 0 Å². The summed E-state index contributed by atoms with van der Waals surface area (Å²) in [7, 11) is 1.69. The molecule has 28 heavy (non-hydrogen) atoms. The van der Waals surface area contributed by atoms with Crippen molar-refractivity contribution >= 4 is 44.4 Å². The number of carbonyl (C=O) groups excluding carboxylic acids is 2. The first-order chi connectivity index (χ1) is 13.0. The molecule has 1 aromatic carbocycles. The van der Waals surface area contributed by atoms with E-state index in [0.717, 1.165) is 40.2 Å². The van der Waals surface area contributed by atoms with Gasteiger partial charge in [-0.25, -0.2) is 4.79 Å². The van der Waals surface area contributed by atoms with Crippen LogP contribution in [0.15, 0.2) is 28.9 Å². The number of hydrogen-bond donors (Lipinski definition) is 0. The van der Waals surface area contributed by atoms with E-state index in [9.17, 15) is 9.59 Å². The Balaban J connectivity index is 2.11. The third-order valence-corrected chi connectivity index (χ3v) is 6.01. The molecule has 1 amide bonds. The molecule has 1 heterocycles. The molecule has 1 aliphatic rings. The van der Waals surface area contributed by atoms with E-state index in [-0.39, 0.29) is 11.2 Å². The Kier molecular flexibility index (Phi) is 5.54. The molecule has 0 radical (unpaired) electrons. The van der Waals surface area contributed by atoms with Crippen LogP contribution in [0.1, 0.15) is 52.5 Å². The number of carbonyl (C=O) groups is 2. The maximum absolute atomic E-state index is 12.7. The molecule has 0 bridgehead atoms. The van der Waals surface area contributed by atoms with Gasteiger partial charge in [0.05, 0.1) is 17.4 Å². The predicted molar refractivity (Wildman–Crippen MR) is 115 cm³/mol. The van der Waals surface area contributed by atoms with E-state index in [2.05, 4.69) is 20.9 Å². The molecule has 0 saturated heterocycles. The summed E-state index contributed by atoms with van der Waals surface area (Å²) in [6.45, 7) is 7.20. The number of nitrogens with zero attached hydrogens (tertiary/aromatic N) is 2. The monoisotopic (exact) mass is 446 g/mol. The summed E-state index contributed by atoms with van der Waals surface area (Å²) in [6.07, 6.45) is 4.70. The van der Waals surface area contributed by atoms with E-state index in [0.29, 0.717) is 12.1 Å². The molecule has 6 heteroatoms. The molecule has 1 aromatic heterocycles. The van der Waals surface area contributed by atoms with Crippen molar-refractivity contribution in [2.24, 2.45) is 5.41 Å². The van der Waals surface area contributed by atoms with Crippen molar-refractivity contribution in [1.29, 1.82) is 0 Å². The van der Waals surface area contributed by atoms with Crippen LogP contribution in [0.25, 0.3) is 10.9 Å². The molecule has 1 aliphatic carbocycles. The van der Waals surface area contributed by atoms with Crippen LogP contribution < -0.4 is 4.90 Å². The van der Waals surface area contributed by atoms with Crippen LogP contribution >= 0.6 is 15.9 Å². The number of halogens is 1. The number of Topliss-reactive ketones (excluding diaryl/α,β-unsaturated/α-hetero) is 1. The topological polar surface area (TPSA) is 59.5 Å². The smallest absolute Gasteiger partial charge is 0.414 e. The van der Waals surface area contributed by atoms with Gasteiger partial charge in [0.15, 0.2) is 0 Å². The second kappa shape index (κ2) is 7.47. The zero-order valence-corrected chi connectivity index (χ0v) is 18.7. The van der Waals surface area contributed by atoms with Gasteiger partial charge in [-0.2, -0.15) is 0 Å². The van der Waals surface area contributed by atoms with Gasteiger partial charge in [0.2, 0.25) is 0 Å². The average molecular weight is 447 g/mol. The highest BCUT2D eigenvalue weighted by Crippen LogP contribution is 2.47. The summed E-state index contributed by atoms with van der Waals surface area (Å²) in [5, 5.41) is 0.954. The Bertz CT molecular complexity index is 929. The van der Waals surface area contributed by atoms with Gasteiger partial charge in [0.1, 0.15) is 11.4 Å². The summed E-state index contributed by atoms with van der Waals surface area (Å²) in [5.74, 6) is 0.213. The molecule has 3 rings (SSSR count). The van der Waals surface area contributed by atoms with Crippen LogP contribution in [-0.4, -0.2) is 29.5 Å². The first-order valence-corrected chi connectivity index (χ1v) is 10.4. The summed E-state index contributed by atoms with van der Waals surface area (Å²) in [5.41, 5.74) is 1.56. The molecular formula is C22H27BrN2O3. The maximum Gasteiger partial charge on any atom is 0.414 e. The Hall–Kier alpha value is -1.95. The number of hydrogen-bond acceptors (Lipinski definition) is 4. The van der Waals surface area contributed by atoms with Gasteiger partial charge in [0.25, 0.3) is 0 Å². The van der Waals surface area contributed by atoms with E-state index >= 15 is 0 Å².